The Bertz CT molecular complexity index is 693. The first-order valence-corrected chi connectivity index (χ1v) is 20.5. The molecular weight excluding hydrogens is 588 g/mol. The number of esters is 3. The largest absolute Gasteiger partial charge is 0.462 e. The molecule has 0 aromatic rings. The van der Waals surface area contributed by atoms with E-state index in [1.807, 2.05) is 0 Å². The van der Waals surface area contributed by atoms with Gasteiger partial charge in [0.2, 0.25) is 0 Å². The number of carbonyl (C=O) groups is 3. The zero-order valence-corrected chi connectivity index (χ0v) is 31.6. The fourth-order valence-corrected chi connectivity index (χ4v) is 5.97. The second-order valence-corrected chi connectivity index (χ2v) is 13.9. The van der Waals surface area contributed by atoms with Crippen LogP contribution >= 0.6 is 0 Å². The van der Waals surface area contributed by atoms with Crippen LogP contribution in [0.25, 0.3) is 0 Å². The summed E-state index contributed by atoms with van der Waals surface area (Å²) in [5, 5.41) is 0. The molecule has 0 N–H and O–H groups in total. The van der Waals surface area contributed by atoms with Crippen molar-refractivity contribution in [2.75, 3.05) is 13.2 Å². The third-order valence-electron chi connectivity index (χ3n) is 9.11. The normalized spacial score (nSPS) is 11.8. The molecule has 0 rings (SSSR count). The number of rotatable bonds is 37. The average Bonchev–Trinajstić information content (AvgIpc) is 3.06. The van der Waals surface area contributed by atoms with Crippen LogP contribution in [0.3, 0.4) is 0 Å². The molecule has 0 amide bonds. The topological polar surface area (TPSA) is 78.9 Å². The van der Waals surface area contributed by atoms with Gasteiger partial charge in [0.1, 0.15) is 13.2 Å². The summed E-state index contributed by atoms with van der Waals surface area (Å²) in [7, 11) is 0. The van der Waals surface area contributed by atoms with Gasteiger partial charge in [-0.25, -0.2) is 0 Å². The molecule has 0 aliphatic rings. The van der Waals surface area contributed by atoms with Gasteiger partial charge in [-0.3, -0.25) is 14.4 Å². The van der Waals surface area contributed by atoms with Gasteiger partial charge in [-0.05, 0) is 19.3 Å². The quantitative estimate of drug-likeness (QED) is 0.0373. The van der Waals surface area contributed by atoms with E-state index < -0.39 is 6.10 Å². The molecule has 0 heterocycles. The second kappa shape index (κ2) is 37.2. The number of hydrogen-bond donors (Lipinski definition) is 0. The molecule has 0 fully saturated rings. The summed E-state index contributed by atoms with van der Waals surface area (Å²) in [6, 6.07) is 0. The second-order valence-electron chi connectivity index (χ2n) is 13.9. The van der Waals surface area contributed by atoms with E-state index in [9.17, 15) is 14.4 Å². The van der Waals surface area contributed by atoms with E-state index in [1.54, 1.807) is 0 Å². The summed E-state index contributed by atoms with van der Waals surface area (Å²) >= 11 is 0. The van der Waals surface area contributed by atoms with Crippen LogP contribution in [0, 0.1) is 0 Å². The first-order valence-electron chi connectivity index (χ1n) is 20.5. The van der Waals surface area contributed by atoms with Crippen molar-refractivity contribution >= 4 is 17.9 Å². The molecule has 278 valence electrons. The van der Waals surface area contributed by atoms with Crippen molar-refractivity contribution in [3.63, 3.8) is 0 Å². The lowest BCUT2D eigenvalue weighted by atomic mass is 10.0. The highest BCUT2D eigenvalue weighted by Crippen LogP contribution is 2.15. The van der Waals surface area contributed by atoms with Crippen molar-refractivity contribution in [1.29, 1.82) is 0 Å². The third-order valence-corrected chi connectivity index (χ3v) is 9.11. The monoisotopic (exact) mass is 667 g/mol. The standard InChI is InChI=1S/C41H78O6/c1-4-7-10-13-16-17-18-19-20-21-22-23-26-28-31-34-40(43)46-37-38(47-41(44)35-32-29-25-15-12-9-6-3)36-45-39(42)33-30-27-24-14-11-8-5-2/h38H,4-37H2,1-3H3. The Kier molecular flexibility index (Phi) is 36.0. The first kappa shape index (κ1) is 45.4. The summed E-state index contributed by atoms with van der Waals surface area (Å²) < 4.78 is 16.5. The molecule has 0 spiro atoms. The molecule has 1 unspecified atom stereocenters. The molecule has 0 saturated heterocycles. The highest BCUT2D eigenvalue weighted by molar-refractivity contribution is 5.71. The molecule has 0 bridgehead atoms. The molecule has 0 aromatic heterocycles. The van der Waals surface area contributed by atoms with E-state index in [0.29, 0.717) is 19.3 Å². The maximum atomic E-state index is 12.5. The number of ether oxygens (including phenoxy) is 3. The van der Waals surface area contributed by atoms with Gasteiger partial charge in [0, 0.05) is 19.3 Å². The van der Waals surface area contributed by atoms with E-state index in [-0.39, 0.29) is 31.1 Å². The minimum absolute atomic E-state index is 0.0644. The van der Waals surface area contributed by atoms with Crippen LogP contribution in [0.5, 0.6) is 0 Å². The zero-order valence-electron chi connectivity index (χ0n) is 31.6. The van der Waals surface area contributed by atoms with Gasteiger partial charge in [0.05, 0.1) is 0 Å². The van der Waals surface area contributed by atoms with Crippen molar-refractivity contribution < 1.29 is 28.6 Å². The highest BCUT2D eigenvalue weighted by atomic mass is 16.6. The van der Waals surface area contributed by atoms with E-state index in [0.717, 1.165) is 57.8 Å². The van der Waals surface area contributed by atoms with Crippen molar-refractivity contribution in [1.82, 2.24) is 0 Å². The minimum Gasteiger partial charge on any atom is -0.462 e. The van der Waals surface area contributed by atoms with Crippen molar-refractivity contribution in [3.05, 3.63) is 0 Å². The van der Waals surface area contributed by atoms with E-state index in [1.165, 1.54) is 128 Å². The molecule has 0 saturated carbocycles. The van der Waals surface area contributed by atoms with Crippen molar-refractivity contribution in [2.24, 2.45) is 0 Å². The zero-order chi connectivity index (χ0) is 34.5. The molecule has 6 nitrogen and oxygen atoms in total. The summed E-state index contributed by atoms with van der Waals surface area (Å²) in [4.78, 5) is 37.3. The smallest absolute Gasteiger partial charge is 0.306 e. The Labute approximate surface area is 291 Å². The van der Waals surface area contributed by atoms with Crippen LogP contribution in [0.4, 0.5) is 0 Å². The van der Waals surface area contributed by atoms with Gasteiger partial charge in [-0.1, -0.05) is 188 Å². The fourth-order valence-electron chi connectivity index (χ4n) is 5.97. The lowest BCUT2D eigenvalue weighted by Crippen LogP contribution is -2.30. The van der Waals surface area contributed by atoms with Crippen molar-refractivity contribution in [3.8, 4) is 0 Å². The Morgan fingerprint density at radius 1 is 0.340 bits per heavy atom. The van der Waals surface area contributed by atoms with Gasteiger partial charge in [-0.15, -0.1) is 0 Å². The molecule has 0 aromatic carbocycles. The molecule has 0 aliphatic heterocycles. The van der Waals surface area contributed by atoms with E-state index in [4.69, 9.17) is 14.2 Å². The summed E-state index contributed by atoms with van der Waals surface area (Å²) in [6.45, 7) is 6.55. The van der Waals surface area contributed by atoms with E-state index >= 15 is 0 Å². The molecule has 1 atom stereocenters. The van der Waals surface area contributed by atoms with Crippen LogP contribution in [0.15, 0.2) is 0 Å². The predicted octanol–water partition coefficient (Wildman–Crippen LogP) is 12.5. The Hall–Kier alpha value is -1.59. The van der Waals surface area contributed by atoms with Crippen LogP contribution in [-0.4, -0.2) is 37.2 Å². The third kappa shape index (κ3) is 35.5. The number of carbonyl (C=O) groups excluding carboxylic acids is 3. The van der Waals surface area contributed by atoms with E-state index in [2.05, 4.69) is 20.8 Å². The van der Waals surface area contributed by atoms with Crippen LogP contribution < -0.4 is 0 Å². The molecule has 0 aliphatic carbocycles. The fraction of sp³-hybridized carbons (Fsp3) is 0.927. The SMILES string of the molecule is CCCCCCCCCCCCCCCCCC(=O)OCC(COC(=O)CCCCCCCCC)OC(=O)CCCCCCCCC. The molecule has 47 heavy (non-hydrogen) atoms. The van der Waals surface area contributed by atoms with Crippen LogP contribution in [0.2, 0.25) is 0 Å². The van der Waals surface area contributed by atoms with Gasteiger partial charge in [-0.2, -0.15) is 0 Å². The summed E-state index contributed by atoms with van der Waals surface area (Å²) in [6.07, 6.45) is 35.3. The summed E-state index contributed by atoms with van der Waals surface area (Å²) in [5.74, 6) is -0.872. The molecular formula is C41H78O6. The lowest BCUT2D eigenvalue weighted by Gasteiger charge is -2.18. The van der Waals surface area contributed by atoms with Gasteiger partial charge in [0.25, 0.3) is 0 Å². The van der Waals surface area contributed by atoms with Crippen LogP contribution in [-0.2, 0) is 28.6 Å². The Morgan fingerprint density at radius 2 is 0.574 bits per heavy atom. The van der Waals surface area contributed by atoms with Crippen LogP contribution in [0.1, 0.15) is 226 Å². The van der Waals surface area contributed by atoms with Gasteiger partial charge >= 0.3 is 17.9 Å². The number of unbranched alkanes of at least 4 members (excludes halogenated alkanes) is 26. The maximum absolute atomic E-state index is 12.5. The predicted molar refractivity (Wildman–Crippen MR) is 197 cm³/mol. The lowest BCUT2D eigenvalue weighted by molar-refractivity contribution is -0.167. The minimum atomic E-state index is -0.755. The van der Waals surface area contributed by atoms with Crippen molar-refractivity contribution in [2.45, 2.75) is 232 Å². The van der Waals surface area contributed by atoms with Gasteiger partial charge in [0.15, 0.2) is 6.10 Å². The molecule has 0 radical (unpaired) electrons. The Balaban J connectivity index is 4.19. The average molecular weight is 667 g/mol. The maximum Gasteiger partial charge on any atom is 0.306 e. The summed E-state index contributed by atoms with van der Waals surface area (Å²) in [5.41, 5.74) is 0. The molecule has 6 heteroatoms. The first-order chi connectivity index (χ1) is 23.0. The number of hydrogen-bond acceptors (Lipinski definition) is 6. The van der Waals surface area contributed by atoms with Gasteiger partial charge < -0.3 is 14.2 Å². The highest BCUT2D eigenvalue weighted by Gasteiger charge is 2.19. The Morgan fingerprint density at radius 3 is 0.851 bits per heavy atom.